The highest BCUT2D eigenvalue weighted by Crippen LogP contribution is 2.33. The first-order valence-corrected chi connectivity index (χ1v) is 7.18. The minimum Gasteiger partial charge on any atom is -0.481 e. The molecule has 1 aliphatic rings. The molecule has 0 bridgehead atoms. The van der Waals surface area contributed by atoms with Crippen LogP contribution in [-0.4, -0.2) is 25.2 Å². The topological polar surface area (TPSA) is 84.6 Å². The van der Waals surface area contributed by atoms with Crippen molar-refractivity contribution in [2.75, 3.05) is 5.75 Å². The van der Waals surface area contributed by atoms with Gasteiger partial charge < -0.3 is 9.52 Å². The fourth-order valence-electron chi connectivity index (χ4n) is 2.27. The summed E-state index contributed by atoms with van der Waals surface area (Å²) >= 11 is 0. The number of aryl methyl sites for hydroxylation is 1. The molecule has 1 N–H and O–H groups in total. The molecule has 0 aromatic carbocycles. The molecule has 1 aliphatic heterocycles. The number of aliphatic carboxylic acids is 1. The van der Waals surface area contributed by atoms with Gasteiger partial charge in [-0.3, -0.25) is 4.79 Å². The molecule has 0 aliphatic carbocycles. The number of fused-ring (bicyclic) bond motifs is 1. The molecule has 0 spiro atoms. The van der Waals surface area contributed by atoms with Crippen LogP contribution in [0.15, 0.2) is 4.42 Å². The summed E-state index contributed by atoms with van der Waals surface area (Å²) in [6, 6.07) is 0. The summed E-state index contributed by atoms with van der Waals surface area (Å²) in [5, 5.41) is 9.02. The summed E-state index contributed by atoms with van der Waals surface area (Å²) < 4.78 is 28.3. The molecule has 5 nitrogen and oxygen atoms in total. The van der Waals surface area contributed by atoms with Gasteiger partial charge in [0.2, 0.25) is 0 Å². The SMILES string of the molecule is Cc1oc2c(c1C(C)C(=O)O)CCS(=O)(=O)C2. The van der Waals surface area contributed by atoms with Gasteiger partial charge in [0, 0.05) is 5.56 Å². The number of rotatable bonds is 2. The van der Waals surface area contributed by atoms with E-state index in [2.05, 4.69) is 0 Å². The van der Waals surface area contributed by atoms with E-state index in [4.69, 9.17) is 9.52 Å². The van der Waals surface area contributed by atoms with Gasteiger partial charge in [-0.15, -0.1) is 0 Å². The molecule has 0 saturated carbocycles. The summed E-state index contributed by atoms with van der Waals surface area (Å²) in [5.74, 6) is -0.708. The molecular formula is C11H14O5S. The van der Waals surface area contributed by atoms with Crippen molar-refractivity contribution in [3.05, 3.63) is 22.6 Å². The standard InChI is InChI=1S/C11H14O5S/c1-6(11(12)13)10-7(2)16-9-5-17(14,15)4-3-8(9)10/h6H,3-5H2,1-2H3,(H,12,13). The van der Waals surface area contributed by atoms with Gasteiger partial charge in [0.15, 0.2) is 9.84 Å². The van der Waals surface area contributed by atoms with E-state index in [-0.39, 0.29) is 11.5 Å². The Kier molecular flexibility index (Phi) is 2.77. The third kappa shape index (κ3) is 2.09. The van der Waals surface area contributed by atoms with Crippen LogP contribution in [0.5, 0.6) is 0 Å². The fraction of sp³-hybridized carbons (Fsp3) is 0.545. The maximum absolute atomic E-state index is 11.5. The van der Waals surface area contributed by atoms with Crippen LogP contribution in [0.1, 0.15) is 35.5 Å². The Hall–Kier alpha value is -1.30. The van der Waals surface area contributed by atoms with Crippen LogP contribution >= 0.6 is 0 Å². The van der Waals surface area contributed by atoms with E-state index in [1.807, 2.05) is 0 Å². The molecule has 94 valence electrons. The largest absolute Gasteiger partial charge is 0.481 e. The third-order valence-electron chi connectivity index (χ3n) is 3.13. The summed E-state index contributed by atoms with van der Waals surface area (Å²) in [6.45, 7) is 3.27. The number of hydrogen-bond donors (Lipinski definition) is 1. The number of hydrogen-bond acceptors (Lipinski definition) is 4. The molecule has 1 aromatic rings. The number of furan rings is 1. The quantitative estimate of drug-likeness (QED) is 0.862. The van der Waals surface area contributed by atoms with E-state index in [1.165, 1.54) is 0 Å². The van der Waals surface area contributed by atoms with E-state index < -0.39 is 21.7 Å². The van der Waals surface area contributed by atoms with E-state index in [0.717, 1.165) is 5.56 Å². The predicted octanol–water partition coefficient (Wildman–Crippen LogP) is 1.25. The van der Waals surface area contributed by atoms with Crippen LogP contribution in [-0.2, 0) is 26.8 Å². The molecule has 0 radical (unpaired) electrons. The zero-order valence-corrected chi connectivity index (χ0v) is 10.5. The van der Waals surface area contributed by atoms with Gasteiger partial charge in [-0.1, -0.05) is 0 Å². The fourth-order valence-corrected chi connectivity index (χ4v) is 3.57. The van der Waals surface area contributed by atoms with Gasteiger partial charge in [0.05, 0.1) is 11.7 Å². The first kappa shape index (κ1) is 12.2. The summed E-state index contributed by atoms with van der Waals surface area (Å²) in [5.41, 5.74) is 1.41. The molecule has 1 aromatic heterocycles. The first-order valence-electron chi connectivity index (χ1n) is 5.36. The van der Waals surface area contributed by atoms with E-state index in [9.17, 15) is 13.2 Å². The Morgan fingerprint density at radius 1 is 1.47 bits per heavy atom. The van der Waals surface area contributed by atoms with Crippen LogP contribution in [0.3, 0.4) is 0 Å². The van der Waals surface area contributed by atoms with Crippen molar-refractivity contribution in [2.24, 2.45) is 0 Å². The minimum atomic E-state index is -3.09. The van der Waals surface area contributed by atoms with Crippen LogP contribution in [0.4, 0.5) is 0 Å². The molecule has 6 heteroatoms. The summed E-state index contributed by atoms with van der Waals surface area (Å²) in [4.78, 5) is 11.0. The highest BCUT2D eigenvalue weighted by atomic mass is 32.2. The van der Waals surface area contributed by atoms with E-state index in [0.29, 0.717) is 23.5 Å². The lowest BCUT2D eigenvalue weighted by Crippen LogP contribution is -2.19. The number of carboxylic acids is 1. The average molecular weight is 258 g/mol. The van der Waals surface area contributed by atoms with Crippen LogP contribution in [0.2, 0.25) is 0 Å². The third-order valence-corrected chi connectivity index (χ3v) is 4.66. The summed E-state index contributed by atoms with van der Waals surface area (Å²) in [6.07, 6.45) is 0.349. The smallest absolute Gasteiger partial charge is 0.310 e. The van der Waals surface area contributed by atoms with Crippen molar-refractivity contribution in [3.63, 3.8) is 0 Å². The second-order valence-corrected chi connectivity index (χ2v) is 6.56. The van der Waals surface area contributed by atoms with Gasteiger partial charge >= 0.3 is 5.97 Å². The van der Waals surface area contributed by atoms with Crippen molar-refractivity contribution in [2.45, 2.75) is 31.9 Å². The van der Waals surface area contributed by atoms with Gasteiger partial charge in [-0.05, 0) is 25.8 Å². The second kappa shape index (κ2) is 3.87. The highest BCUT2D eigenvalue weighted by molar-refractivity contribution is 7.90. The first-order chi connectivity index (χ1) is 7.82. The average Bonchev–Trinajstić information content (AvgIpc) is 2.50. The monoisotopic (exact) mass is 258 g/mol. The molecule has 0 fully saturated rings. The van der Waals surface area contributed by atoms with Crippen molar-refractivity contribution in [3.8, 4) is 0 Å². The molecular weight excluding hydrogens is 244 g/mol. The highest BCUT2D eigenvalue weighted by Gasteiger charge is 2.32. The van der Waals surface area contributed by atoms with E-state index >= 15 is 0 Å². The van der Waals surface area contributed by atoms with Crippen molar-refractivity contribution in [1.29, 1.82) is 0 Å². The van der Waals surface area contributed by atoms with E-state index in [1.54, 1.807) is 13.8 Å². The lowest BCUT2D eigenvalue weighted by Gasteiger charge is -2.13. The summed E-state index contributed by atoms with van der Waals surface area (Å²) in [7, 11) is -3.09. The second-order valence-electron chi connectivity index (χ2n) is 4.38. The van der Waals surface area contributed by atoms with Crippen molar-refractivity contribution in [1.82, 2.24) is 0 Å². The molecule has 0 saturated heterocycles. The van der Waals surface area contributed by atoms with Crippen LogP contribution in [0.25, 0.3) is 0 Å². The van der Waals surface area contributed by atoms with Crippen molar-refractivity contribution < 1.29 is 22.7 Å². The Morgan fingerprint density at radius 3 is 2.71 bits per heavy atom. The van der Waals surface area contributed by atoms with Gasteiger partial charge in [0.25, 0.3) is 0 Å². The van der Waals surface area contributed by atoms with Crippen LogP contribution in [0, 0.1) is 6.92 Å². The molecule has 1 unspecified atom stereocenters. The Balaban J connectivity index is 2.51. The molecule has 1 atom stereocenters. The zero-order valence-electron chi connectivity index (χ0n) is 9.69. The Morgan fingerprint density at radius 2 is 2.12 bits per heavy atom. The Labute approximate surface area is 99.4 Å². The lowest BCUT2D eigenvalue weighted by atomic mass is 9.95. The number of sulfone groups is 1. The van der Waals surface area contributed by atoms with Crippen LogP contribution < -0.4 is 0 Å². The molecule has 2 rings (SSSR count). The minimum absolute atomic E-state index is 0.0678. The van der Waals surface area contributed by atoms with Gasteiger partial charge in [-0.2, -0.15) is 0 Å². The van der Waals surface area contributed by atoms with Gasteiger partial charge in [0.1, 0.15) is 17.3 Å². The predicted molar refractivity (Wildman–Crippen MR) is 60.7 cm³/mol. The number of carbonyl (C=O) groups is 1. The zero-order chi connectivity index (χ0) is 12.8. The number of carboxylic acid groups (broad SMARTS) is 1. The Bertz CT molecular complexity index is 567. The maximum atomic E-state index is 11.5. The lowest BCUT2D eigenvalue weighted by molar-refractivity contribution is -0.138. The molecule has 17 heavy (non-hydrogen) atoms. The van der Waals surface area contributed by atoms with Crippen molar-refractivity contribution >= 4 is 15.8 Å². The van der Waals surface area contributed by atoms with Gasteiger partial charge in [-0.25, -0.2) is 8.42 Å². The molecule has 2 heterocycles. The molecule has 0 amide bonds. The maximum Gasteiger partial charge on any atom is 0.310 e. The normalized spacial score (nSPS) is 19.6.